The summed E-state index contributed by atoms with van der Waals surface area (Å²) in [5.74, 6) is 0.623. The number of amides is 1. The number of para-hydroxylation sites is 1. The van der Waals surface area contributed by atoms with Crippen molar-refractivity contribution in [1.29, 1.82) is 0 Å². The Morgan fingerprint density at radius 3 is 2.72 bits per heavy atom. The number of aryl methyl sites for hydroxylation is 1. The molecule has 1 fully saturated rings. The summed E-state index contributed by atoms with van der Waals surface area (Å²) in [4.78, 5) is 17.9. The van der Waals surface area contributed by atoms with Crippen molar-refractivity contribution in [3.05, 3.63) is 53.9 Å². The Morgan fingerprint density at radius 2 is 1.96 bits per heavy atom. The van der Waals surface area contributed by atoms with Crippen molar-refractivity contribution in [2.75, 3.05) is 13.1 Å². The maximum Gasteiger partial charge on any atom is 0.256 e. The van der Waals surface area contributed by atoms with Gasteiger partial charge in [0.15, 0.2) is 0 Å². The molecular weight excluding hydrogens is 316 g/mol. The number of rotatable bonds is 3. The highest BCUT2D eigenvalue weighted by Crippen LogP contribution is 2.22. The van der Waals surface area contributed by atoms with Gasteiger partial charge in [-0.1, -0.05) is 18.2 Å². The molecule has 0 radical (unpaired) electrons. The van der Waals surface area contributed by atoms with Gasteiger partial charge in [0.2, 0.25) is 5.88 Å². The number of hydrogen-bond acceptors (Lipinski definition) is 4. The van der Waals surface area contributed by atoms with Crippen LogP contribution in [0, 0.1) is 6.92 Å². The number of piperidine rings is 1. The molecule has 6 heteroatoms. The first-order valence-electron chi connectivity index (χ1n) is 8.53. The fourth-order valence-corrected chi connectivity index (χ4v) is 3.22. The minimum atomic E-state index is 0.0732. The van der Waals surface area contributed by atoms with Crippen molar-refractivity contribution >= 4 is 16.8 Å². The summed E-state index contributed by atoms with van der Waals surface area (Å²) < 4.78 is 5.88. The standard InChI is InChI=1S/C19H20N4O2/c1-13-6-7-18(22-21-13)25-14-8-10-23(11-9-14)19(24)16-12-20-17-5-3-2-4-15(16)17/h2-7,12,14,20H,8-11H2,1H3. The van der Waals surface area contributed by atoms with Crippen LogP contribution in [0.15, 0.2) is 42.6 Å². The molecule has 2 aromatic heterocycles. The lowest BCUT2D eigenvalue weighted by atomic mass is 10.1. The third-order valence-corrected chi connectivity index (χ3v) is 4.61. The number of ether oxygens (including phenoxy) is 1. The van der Waals surface area contributed by atoms with Gasteiger partial charge in [0, 0.05) is 49.1 Å². The zero-order chi connectivity index (χ0) is 17.2. The van der Waals surface area contributed by atoms with Crippen molar-refractivity contribution in [2.45, 2.75) is 25.9 Å². The molecule has 1 saturated heterocycles. The first kappa shape index (κ1) is 15.6. The molecule has 0 bridgehead atoms. The molecule has 128 valence electrons. The molecule has 1 aliphatic rings. The average molecular weight is 336 g/mol. The number of aromatic nitrogens is 3. The van der Waals surface area contributed by atoms with E-state index in [1.165, 1.54) is 0 Å². The summed E-state index contributed by atoms with van der Waals surface area (Å²) in [6, 6.07) is 11.6. The van der Waals surface area contributed by atoms with E-state index in [1.54, 1.807) is 6.20 Å². The van der Waals surface area contributed by atoms with Crippen molar-refractivity contribution in [3.8, 4) is 5.88 Å². The van der Waals surface area contributed by atoms with Crippen LogP contribution in [0.3, 0.4) is 0 Å². The van der Waals surface area contributed by atoms with Gasteiger partial charge in [0.25, 0.3) is 5.91 Å². The molecule has 3 aromatic rings. The van der Waals surface area contributed by atoms with Gasteiger partial charge >= 0.3 is 0 Å². The van der Waals surface area contributed by atoms with Gasteiger partial charge in [-0.15, -0.1) is 5.10 Å². The largest absolute Gasteiger partial charge is 0.473 e. The van der Waals surface area contributed by atoms with E-state index in [1.807, 2.05) is 48.2 Å². The minimum Gasteiger partial charge on any atom is -0.473 e. The van der Waals surface area contributed by atoms with Crippen LogP contribution < -0.4 is 4.74 Å². The molecule has 1 aliphatic heterocycles. The number of nitrogens with one attached hydrogen (secondary N) is 1. The monoisotopic (exact) mass is 336 g/mol. The van der Waals surface area contributed by atoms with Crippen LogP contribution in [0.5, 0.6) is 5.88 Å². The van der Waals surface area contributed by atoms with Gasteiger partial charge in [-0.25, -0.2) is 0 Å². The second-order valence-electron chi connectivity index (χ2n) is 6.37. The van der Waals surface area contributed by atoms with Crippen LogP contribution in [-0.4, -0.2) is 45.2 Å². The Labute approximate surface area is 145 Å². The summed E-state index contributed by atoms with van der Waals surface area (Å²) in [5, 5.41) is 9.02. The molecule has 0 spiro atoms. The van der Waals surface area contributed by atoms with Gasteiger partial charge < -0.3 is 14.6 Å². The highest BCUT2D eigenvalue weighted by molar-refractivity contribution is 6.06. The zero-order valence-corrected chi connectivity index (χ0v) is 14.1. The lowest BCUT2D eigenvalue weighted by Gasteiger charge is -2.31. The fourth-order valence-electron chi connectivity index (χ4n) is 3.22. The molecule has 6 nitrogen and oxygen atoms in total. The lowest BCUT2D eigenvalue weighted by molar-refractivity contribution is 0.0588. The predicted molar refractivity (Wildman–Crippen MR) is 94.6 cm³/mol. The molecule has 3 heterocycles. The summed E-state index contributed by atoms with van der Waals surface area (Å²) >= 11 is 0. The SMILES string of the molecule is Cc1ccc(OC2CCN(C(=O)c3c[nH]c4ccccc34)CC2)nn1. The fraction of sp³-hybridized carbons (Fsp3) is 0.316. The van der Waals surface area contributed by atoms with Gasteiger partial charge in [-0.3, -0.25) is 4.79 Å². The van der Waals surface area contributed by atoms with E-state index in [2.05, 4.69) is 15.2 Å². The Balaban J connectivity index is 1.39. The highest BCUT2D eigenvalue weighted by Gasteiger charge is 2.26. The molecule has 25 heavy (non-hydrogen) atoms. The van der Waals surface area contributed by atoms with Crippen LogP contribution in [0.2, 0.25) is 0 Å². The molecule has 1 aromatic carbocycles. The number of hydrogen-bond donors (Lipinski definition) is 1. The Bertz CT molecular complexity index is 880. The number of benzene rings is 1. The highest BCUT2D eigenvalue weighted by atomic mass is 16.5. The number of aromatic amines is 1. The molecule has 0 saturated carbocycles. The summed E-state index contributed by atoms with van der Waals surface area (Å²) in [5.41, 5.74) is 2.59. The third kappa shape index (κ3) is 3.20. The molecule has 1 N–H and O–H groups in total. The molecule has 1 amide bonds. The molecule has 4 rings (SSSR count). The van der Waals surface area contributed by atoms with Crippen LogP contribution in [0.1, 0.15) is 28.9 Å². The maximum atomic E-state index is 12.8. The van der Waals surface area contributed by atoms with E-state index in [0.717, 1.165) is 35.0 Å². The second-order valence-corrected chi connectivity index (χ2v) is 6.37. The normalized spacial score (nSPS) is 15.5. The van der Waals surface area contributed by atoms with Gasteiger partial charge in [-0.2, -0.15) is 5.10 Å². The Kier molecular flexibility index (Phi) is 4.09. The van der Waals surface area contributed by atoms with E-state index in [4.69, 9.17) is 4.74 Å². The quantitative estimate of drug-likeness (QED) is 0.798. The van der Waals surface area contributed by atoms with E-state index in [9.17, 15) is 4.79 Å². The Hall–Kier alpha value is -2.89. The lowest BCUT2D eigenvalue weighted by Crippen LogP contribution is -2.41. The number of carbonyl (C=O) groups is 1. The number of likely N-dealkylation sites (tertiary alicyclic amines) is 1. The maximum absolute atomic E-state index is 12.8. The number of carbonyl (C=O) groups excluding carboxylic acids is 1. The van der Waals surface area contributed by atoms with Crippen LogP contribution in [-0.2, 0) is 0 Å². The number of fused-ring (bicyclic) bond motifs is 1. The van der Waals surface area contributed by atoms with Gasteiger partial charge in [-0.05, 0) is 19.1 Å². The molecule has 0 unspecified atom stereocenters. The number of nitrogens with zero attached hydrogens (tertiary/aromatic N) is 3. The topological polar surface area (TPSA) is 71.1 Å². The van der Waals surface area contributed by atoms with E-state index in [0.29, 0.717) is 19.0 Å². The van der Waals surface area contributed by atoms with Gasteiger partial charge in [0.05, 0.1) is 11.3 Å². The summed E-state index contributed by atoms with van der Waals surface area (Å²) in [6.07, 6.45) is 3.47. The Morgan fingerprint density at radius 1 is 1.16 bits per heavy atom. The minimum absolute atomic E-state index is 0.0732. The van der Waals surface area contributed by atoms with Crippen molar-refractivity contribution in [2.24, 2.45) is 0 Å². The first-order chi connectivity index (χ1) is 12.2. The zero-order valence-electron chi connectivity index (χ0n) is 14.1. The summed E-state index contributed by atoms with van der Waals surface area (Å²) in [7, 11) is 0. The van der Waals surface area contributed by atoms with Crippen LogP contribution >= 0.6 is 0 Å². The van der Waals surface area contributed by atoms with Crippen LogP contribution in [0.4, 0.5) is 0 Å². The molecule has 0 aliphatic carbocycles. The van der Waals surface area contributed by atoms with Crippen LogP contribution in [0.25, 0.3) is 10.9 Å². The van der Waals surface area contributed by atoms with E-state index >= 15 is 0 Å². The van der Waals surface area contributed by atoms with E-state index < -0.39 is 0 Å². The predicted octanol–water partition coefficient (Wildman–Crippen LogP) is 2.95. The first-order valence-corrected chi connectivity index (χ1v) is 8.53. The van der Waals surface area contributed by atoms with Gasteiger partial charge in [0.1, 0.15) is 6.10 Å². The number of H-pyrrole nitrogens is 1. The third-order valence-electron chi connectivity index (χ3n) is 4.61. The van der Waals surface area contributed by atoms with Crippen molar-refractivity contribution in [3.63, 3.8) is 0 Å². The van der Waals surface area contributed by atoms with Crippen molar-refractivity contribution in [1.82, 2.24) is 20.1 Å². The summed E-state index contributed by atoms with van der Waals surface area (Å²) in [6.45, 7) is 3.26. The second kappa shape index (κ2) is 6.55. The molecular formula is C19H20N4O2. The molecule has 0 atom stereocenters. The smallest absolute Gasteiger partial charge is 0.256 e. The van der Waals surface area contributed by atoms with Crippen molar-refractivity contribution < 1.29 is 9.53 Å². The average Bonchev–Trinajstić information content (AvgIpc) is 3.08. The van der Waals surface area contributed by atoms with E-state index in [-0.39, 0.29) is 12.0 Å².